The minimum atomic E-state index is -0.824. The summed E-state index contributed by atoms with van der Waals surface area (Å²) < 4.78 is 15.1. The number of anilines is 1. The van der Waals surface area contributed by atoms with Crippen LogP contribution in [0.1, 0.15) is 65.3 Å². The summed E-state index contributed by atoms with van der Waals surface area (Å²) in [4.78, 5) is 30.8. The molecule has 0 saturated carbocycles. The number of amides is 1. The SMILES string of the molecule is Cc1ccc(NC(=O)c2cn(-c3ccccn3)nc2-c2ccc(F)cc2)cc1C(=O)CCCCC(C)(O)CCN. The number of carbonyl (C=O) groups excluding carboxylic acids is 2. The Morgan fingerprint density at radius 3 is 2.52 bits per heavy atom. The van der Waals surface area contributed by atoms with Gasteiger partial charge in [-0.2, -0.15) is 5.10 Å². The molecule has 0 spiro atoms. The molecule has 1 unspecified atom stereocenters. The first-order valence-corrected chi connectivity index (χ1v) is 13.3. The minimum absolute atomic E-state index is 0.0259. The van der Waals surface area contributed by atoms with Crippen LogP contribution >= 0.6 is 0 Å². The van der Waals surface area contributed by atoms with Crippen molar-refractivity contribution >= 4 is 17.4 Å². The van der Waals surface area contributed by atoms with E-state index in [0.717, 1.165) is 5.56 Å². The van der Waals surface area contributed by atoms with Crippen molar-refractivity contribution in [3.05, 3.63) is 95.6 Å². The molecule has 0 aliphatic heterocycles. The second-order valence-corrected chi connectivity index (χ2v) is 10.2. The average molecular weight is 544 g/mol. The lowest BCUT2D eigenvalue weighted by atomic mass is 9.93. The van der Waals surface area contributed by atoms with Crippen LogP contribution in [0.25, 0.3) is 17.1 Å². The van der Waals surface area contributed by atoms with Crippen LogP contribution < -0.4 is 11.1 Å². The highest BCUT2D eigenvalue weighted by molar-refractivity contribution is 6.08. The highest BCUT2D eigenvalue weighted by Crippen LogP contribution is 2.26. The molecular weight excluding hydrogens is 509 g/mol. The molecule has 2 heterocycles. The molecule has 0 bridgehead atoms. The number of Topliss-reactive ketones (excluding diaryl/α,β-unsaturated/α-hetero) is 1. The summed E-state index contributed by atoms with van der Waals surface area (Å²) >= 11 is 0. The molecule has 4 N–H and O–H groups in total. The van der Waals surface area contributed by atoms with Gasteiger partial charge in [0.25, 0.3) is 5.91 Å². The summed E-state index contributed by atoms with van der Waals surface area (Å²) in [6.07, 6.45) is 5.99. The third-order valence-electron chi connectivity index (χ3n) is 6.81. The van der Waals surface area contributed by atoms with E-state index < -0.39 is 17.3 Å². The highest BCUT2D eigenvalue weighted by Gasteiger charge is 2.21. The van der Waals surface area contributed by atoms with E-state index in [1.54, 1.807) is 61.8 Å². The Hall–Kier alpha value is -4.21. The summed E-state index contributed by atoms with van der Waals surface area (Å²) in [6.45, 7) is 4.03. The molecule has 8 nitrogen and oxygen atoms in total. The lowest BCUT2D eigenvalue weighted by molar-refractivity contribution is 0.0416. The fraction of sp³-hybridized carbons (Fsp3) is 0.290. The number of rotatable bonds is 12. The molecule has 2 aromatic carbocycles. The Morgan fingerprint density at radius 1 is 1.05 bits per heavy atom. The quantitative estimate of drug-likeness (QED) is 0.161. The molecular formula is C31H34FN5O3. The molecule has 0 saturated heterocycles. The number of hydrogen-bond acceptors (Lipinski definition) is 6. The Balaban J connectivity index is 1.52. The van der Waals surface area contributed by atoms with E-state index in [-0.39, 0.29) is 11.3 Å². The summed E-state index contributed by atoms with van der Waals surface area (Å²) in [5.41, 5.74) is 7.77. The molecule has 1 amide bonds. The third kappa shape index (κ3) is 7.25. The van der Waals surface area contributed by atoms with Crippen molar-refractivity contribution in [1.82, 2.24) is 14.8 Å². The van der Waals surface area contributed by atoms with Gasteiger partial charge in [-0.3, -0.25) is 9.59 Å². The summed E-state index contributed by atoms with van der Waals surface area (Å²) in [6, 6.07) is 16.3. The maximum atomic E-state index is 13.6. The van der Waals surface area contributed by atoms with Gasteiger partial charge in [0.2, 0.25) is 0 Å². The van der Waals surface area contributed by atoms with Gasteiger partial charge in [-0.15, -0.1) is 0 Å². The first-order valence-electron chi connectivity index (χ1n) is 13.3. The van der Waals surface area contributed by atoms with E-state index in [2.05, 4.69) is 15.4 Å². The van der Waals surface area contributed by atoms with Crippen LogP contribution in [0.15, 0.2) is 73.1 Å². The van der Waals surface area contributed by atoms with Gasteiger partial charge in [-0.05, 0) is 93.7 Å². The number of aromatic nitrogens is 3. The normalized spacial score (nSPS) is 12.6. The number of aryl methyl sites for hydroxylation is 1. The minimum Gasteiger partial charge on any atom is -0.390 e. The van der Waals surface area contributed by atoms with Crippen LogP contribution in [0, 0.1) is 12.7 Å². The molecule has 0 aliphatic rings. The molecule has 9 heteroatoms. The van der Waals surface area contributed by atoms with Crippen molar-refractivity contribution in [1.29, 1.82) is 0 Å². The zero-order valence-electron chi connectivity index (χ0n) is 22.7. The van der Waals surface area contributed by atoms with E-state index in [1.165, 1.54) is 16.8 Å². The number of nitrogens with zero attached hydrogens (tertiary/aromatic N) is 3. The maximum Gasteiger partial charge on any atom is 0.259 e. The number of nitrogens with two attached hydrogens (primary N) is 1. The van der Waals surface area contributed by atoms with E-state index in [1.807, 2.05) is 13.0 Å². The molecule has 2 aromatic heterocycles. The van der Waals surface area contributed by atoms with Gasteiger partial charge in [-0.25, -0.2) is 14.1 Å². The molecule has 4 rings (SSSR count). The first-order chi connectivity index (χ1) is 19.2. The van der Waals surface area contributed by atoms with Gasteiger partial charge in [0.1, 0.15) is 11.5 Å². The van der Waals surface area contributed by atoms with Crippen molar-refractivity contribution in [3.8, 4) is 17.1 Å². The predicted molar refractivity (Wildman–Crippen MR) is 153 cm³/mol. The topological polar surface area (TPSA) is 123 Å². The maximum absolute atomic E-state index is 13.6. The Bertz CT molecular complexity index is 1470. The van der Waals surface area contributed by atoms with Crippen molar-refractivity contribution in [3.63, 3.8) is 0 Å². The summed E-state index contributed by atoms with van der Waals surface area (Å²) in [5, 5.41) is 17.7. The molecule has 0 radical (unpaired) electrons. The Morgan fingerprint density at radius 2 is 1.82 bits per heavy atom. The first kappa shape index (κ1) is 28.8. The number of nitrogens with one attached hydrogen (secondary N) is 1. The molecule has 0 aliphatic carbocycles. The number of carbonyl (C=O) groups is 2. The molecule has 0 fully saturated rings. The van der Waals surface area contributed by atoms with Gasteiger partial charge < -0.3 is 16.2 Å². The number of pyridine rings is 1. The number of benzene rings is 2. The lowest BCUT2D eigenvalue weighted by Crippen LogP contribution is -2.27. The zero-order valence-corrected chi connectivity index (χ0v) is 22.7. The number of unbranched alkanes of at least 4 members (excludes halogenated alkanes) is 1. The monoisotopic (exact) mass is 543 g/mol. The van der Waals surface area contributed by atoms with E-state index >= 15 is 0 Å². The number of hydrogen-bond donors (Lipinski definition) is 3. The Labute approximate surface area is 233 Å². The van der Waals surface area contributed by atoms with Gasteiger partial charge in [0.15, 0.2) is 11.6 Å². The second kappa shape index (κ2) is 12.8. The van der Waals surface area contributed by atoms with Crippen LogP contribution in [-0.4, -0.2) is 43.7 Å². The van der Waals surface area contributed by atoms with E-state index in [0.29, 0.717) is 67.0 Å². The predicted octanol–water partition coefficient (Wildman–Crippen LogP) is 5.48. The summed E-state index contributed by atoms with van der Waals surface area (Å²) in [7, 11) is 0. The highest BCUT2D eigenvalue weighted by atomic mass is 19.1. The number of aliphatic hydroxyl groups is 1. The van der Waals surface area contributed by atoms with Crippen LogP contribution in [-0.2, 0) is 0 Å². The van der Waals surface area contributed by atoms with Crippen LogP contribution in [0.5, 0.6) is 0 Å². The standard InChI is InChI=1S/C31H34FN5O3/c1-21-9-14-24(19-25(21)27(38)7-3-5-15-31(2,40)16-17-33)35-30(39)26-20-37(28-8-4-6-18-34-28)36-29(26)22-10-12-23(32)13-11-22/h4,6,8-14,18-20,40H,3,5,7,15-17,33H2,1-2H3,(H,35,39). The lowest BCUT2D eigenvalue weighted by Gasteiger charge is -2.22. The van der Waals surface area contributed by atoms with Gasteiger partial charge in [-0.1, -0.05) is 18.6 Å². The van der Waals surface area contributed by atoms with Gasteiger partial charge >= 0.3 is 0 Å². The fourth-order valence-electron chi connectivity index (χ4n) is 4.53. The zero-order chi connectivity index (χ0) is 28.7. The van der Waals surface area contributed by atoms with Crippen LogP contribution in [0.3, 0.4) is 0 Å². The van der Waals surface area contributed by atoms with Gasteiger partial charge in [0, 0.05) is 35.6 Å². The molecule has 4 aromatic rings. The van der Waals surface area contributed by atoms with Crippen molar-refractivity contribution in [2.24, 2.45) is 5.73 Å². The number of halogens is 1. The second-order valence-electron chi connectivity index (χ2n) is 10.2. The van der Waals surface area contributed by atoms with Crippen LogP contribution in [0.4, 0.5) is 10.1 Å². The van der Waals surface area contributed by atoms with Crippen LogP contribution in [0.2, 0.25) is 0 Å². The smallest absolute Gasteiger partial charge is 0.259 e. The molecule has 40 heavy (non-hydrogen) atoms. The van der Waals surface area contributed by atoms with Crippen molar-refractivity contribution < 1.29 is 19.1 Å². The van der Waals surface area contributed by atoms with E-state index in [9.17, 15) is 19.1 Å². The van der Waals surface area contributed by atoms with Crippen molar-refractivity contribution in [2.75, 3.05) is 11.9 Å². The Kier molecular flexibility index (Phi) is 9.19. The number of ketones is 1. The van der Waals surface area contributed by atoms with Gasteiger partial charge in [0.05, 0.1) is 11.2 Å². The summed E-state index contributed by atoms with van der Waals surface area (Å²) in [5.74, 6) is -0.317. The third-order valence-corrected chi connectivity index (χ3v) is 6.81. The van der Waals surface area contributed by atoms with Crippen molar-refractivity contribution in [2.45, 2.75) is 51.6 Å². The van der Waals surface area contributed by atoms with E-state index in [4.69, 9.17) is 5.73 Å². The largest absolute Gasteiger partial charge is 0.390 e. The fourth-order valence-corrected chi connectivity index (χ4v) is 4.53. The average Bonchev–Trinajstić information content (AvgIpc) is 3.39. The molecule has 208 valence electrons. The molecule has 1 atom stereocenters.